The highest BCUT2D eigenvalue weighted by molar-refractivity contribution is 7.98. The number of methoxy groups -OCH3 is 1. The summed E-state index contributed by atoms with van der Waals surface area (Å²) in [7, 11) is 1.61. The van der Waals surface area contributed by atoms with Gasteiger partial charge in [0.05, 0.1) is 22.4 Å². The number of hydrogen-bond acceptors (Lipinski definition) is 6. The Bertz CT molecular complexity index is 1190. The molecule has 0 bridgehead atoms. The van der Waals surface area contributed by atoms with Gasteiger partial charge in [-0.15, -0.1) is 21.5 Å². The molecule has 2 aromatic heterocycles. The minimum atomic E-state index is -4.36. The van der Waals surface area contributed by atoms with Gasteiger partial charge in [0.1, 0.15) is 22.0 Å². The van der Waals surface area contributed by atoms with Crippen molar-refractivity contribution in [2.24, 2.45) is 0 Å². The van der Waals surface area contributed by atoms with Crippen LogP contribution in [-0.2, 0) is 11.9 Å². The smallest absolute Gasteiger partial charge is 0.416 e. The molecule has 0 aliphatic heterocycles. The first kappa shape index (κ1) is 20.6. The number of aryl methyl sites for hydroxylation is 1. The van der Waals surface area contributed by atoms with Crippen LogP contribution in [0.4, 0.5) is 13.2 Å². The molecule has 4 rings (SSSR count). The van der Waals surface area contributed by atoms with Gasteiger partial charge in [-0.25, -0.2) is 4.98 Å². The number of rotatable bonds is 5. The predicted molar refractivity (Wildman–Crippen MR) is 113 cm³/mol. The number of ether oxygens (including phenoxy) is 1. The van der Waals surface area contributed by atoms with Crippen molar-refractivity contribution in [3.8, 4) is 17.0 Å². The Morgan fingerprint density at radius 3 is 2.53 bits per heavy atom. The number of benzene rings is 2. The van der Waals surface area contributed by atoms with Gasteiger partial charge in [-0.05, 0) is 42.8 Å². The van der Waals surface area contributed by atoms with E-state index in [1.807, 2.05) is 31.2 Å². The van der Waals surface area contributed by atoms with Crippen molar-refractivity contribution in [1.82, 2.24) is 15.2 Å². The van der Waals surface area contributed by atoms with Crippen molar-refractivity contribution < 1.29 is 17.9 Å². The summed E-state index contributed by atoms with van der Waals surface area (Å²) in [6.45, 7) is 1.91. The van der Waals surface area contributed by atoms with E-state index in [-0.39, 0.29) is 0 Å². The zero-order valence-electron chi connectivity index (χ0n) is 16.0. The van der Waals surface area contributed by atoms with Crippen molar-refractivity contribution in [3.63, 3.8) is 0 Å². The molecule has 0 aliphatic carbocycles. The third-order valence-corrected chi connectivity index (χ3v) is 6.39. The first-order valence-corrected chi connectivity index (χ1v) is 10.7. The van der Waals surface area contributed by atoms with Crippen LogP contribution in [0.5, 0.6) is 5.75 Å². The number of thioether (sulfide) groups is 1. The second kappa shape index (κ2) is 8.23. The summed E-state index contributed by atoms with van der Waals surface area (Å²) in [5.74, 6) is 1.09. The Hall–Kier alpha value is -2.65. The molecule has 2 heterocycles. The van der Waals surface area contributed by atoms with E-state index in [1.54, 1.807) is 13.2 Å². The summed E-state index contributed by atoms with van der Waals surface area (Å²) in [6, 6.07) is 12.8. The van der Waals surface area contributed by atoms with Gasteiger partial charge in [0.25, 0.3) is 0 Å². The van der Waals surface area contributed by atoms with Crippen molar-refractivity contribution in [2.45, 2.75) is 23.9 Å². The van der Waals surface area contributed by atoms with Gasteiger partial charge in [0.15, 0.2) is 0 Å². The second-order valence-corrected chi connectivity index (χ2v) is 8.65. The highest BCUT2D eigenvalue weighted by Gasteiger charge is 2.30. The van der Waals surface area contributed by atoms with Crippen LogP contribution in [0.15, 0.2) is 53.6 Å². The molecule has 0 saturated carbocycles. The zero-order valence-corrected chi connectivity index (χ0v) is 17.7. The summed E-state index contributed by atoms with van der Waals surface area (Å²) in [5.41, 5.74) is 2.25. The SMILES string of the molecule is COc1ccc(-c2nnc(SCc3cccc(C(F)(F)F)c3)c3nc(C)sc23)cc1. The summed E-state index contributed by atoms with van der Waals surface area (Å²) >= 11 is 2.85. The van der Waals surface area contributed by atoms with Crippen LogP contribution in [0.3, 0.4) is 0 Å². The molecule has 0 aliphatic rings. The van der Waals surface area contributed by atoms with Crippen molar-refractivity contribution in [1.29, 1.82) is 0 Å². The zero-order chi connectivity index (χ0) is 21.3. The molecule has 30 heavy (non-hydrogen) atoms. The minimum absolute atomic E-state index is 0.339. The monoisotopic (exact) mass is 447 g/mol. The van der Waals surface area contributed by atoms with Crippen LogP contribution in [-0.4, -0.2) is 22.3 Å². The lowest BCUT2D eigenvalue weighted by molar-refractivity contribution is -0.137. The summed E-state index contributed by atoms with van der Waals surface area (Å²) in [5, 5.41) is 10.2. The Kier molecular flexibility index (Phi) is 5.66. The van der Waals surface area contributed by atoms with Crippen LogP contribution in [0, 0.1) is 6.92 Å². The highest BCUT2D eigenvalue weighted by Crippen LogP contribution is 2.37. The molecule has 0 atom stereocenters. The fourth-order valence-corrected chi connectivity index (χ4v) is 4.80. The van der Waals surface area contributed by atoms with E-state index < -0.39 is 11.7 Å². The number of aromatic nitrogens is 3. The first-order valence-electron chi connectivity index (χ1n) is 8.92. The molecule has 9 heteroatoms. The lowest BCUT2D eigenvalue weighted by atomic mass is 10.1. The molecular weight excluding hydrogens is 431 g/mol. The minimum Gasteiger partial charge on any atom is -0.497 e. The van der Waals surface area contributed by atoms with E-state index >= 15 is 0 Å². The van der Waals surface area contributed by atoms with E-state index in [0.717, 1.165) is 44.4 Å². The summed E-state index contributed by atoms with van der Waals surface area (Å²) in [4.78, 5) is 4.59. The molecule has 0 fully saturated rings. The molecule has 0 saturated heterocycles. The molecule has 0 N–H and O–H groups in total. The lowest BCUT2D eigenvalue weighted by Gasteiger charge is -2.09. The summed E-state index contributed by atoms with van der Waals surface area (Å²) in [6.07, 6.45) is -4.36. The fourth-order valence-electron chi connectivity index (χ4n) is 2.94. The van der Waals surface area contributed by atoms with Gasteiger partial charge in [-0.3, -0.25) is 0 Å². The van der Waals surface area contributed by atoms with E-state index in [2.05, 4.69) is 15.2 Å². The predicted octanol–water partition coefficient (Wildman–Crippen LogP) is 6.38. The van der Waals surface area contributed by atoms with Gasteiger partial charge in [-0.2, -0.15) is 13.2 Å². The lowest BCUT2D eigenvalue weighted by Crippen LogP contribution is -2.05. The largest absolute Gasteiger partial charge is 0.497 e. The van der Waals surface area contributed by atoms with Crippen LogP contribution < -0.4 is 4.74 Å². The number of alkyl halides is 3. The van der Waals surface area contributed by atoms with Gasteiger partial charge in [0.2, 0.25) is 0 Å². The molecule has 0 amide bonds. The molecule has 0 unspecified atom stereocenters. The fraction of sp³-hybridized carbons (Fsp3) is 0.190. The molecular formula is C21H16F3N3OS2. The molecule has 2 aromatic carbocycles. The van der Waals surface area contributed by atoms with Crippen molar-refractivity contribution in [2.75, 3.05) is 7.11 Å². The van der Waals surface area contributed by atoms with Crippen LogP contribution >= 0.6 is 23.1 Å². The average molecular weight is 448 g/mol. The maximum Gasteiger partial charge on any atom is 0.416 e. The third kappa shape index (κ3) is 4.27. The number of halogens is 3. The molecule has 4 aromatic rings. The maximum atomic E-state index is 12.9. The standard InChI is InChI=1S/C21H16F3N3OS2/c1-12-25-18-19(30-12)17(14-6-8-16(28-2)9-7-14)26-27-20(18)29-11-13-4-3-5-15(10-13)21(22,23)24/h3-10H,11H2,1-2H3. The van der Waals surface area contributed by atoms with Crippen molar-refractivity contribution in [3.05, 3.63) is 64.7 Å². The van der Waals surface area contributed by atoms with E-state index in [0.29, 0.717) is 16.3 Å². The summed E-state index contributed by atoms with van der Waals surface area (Å²) < 4.78 is 45.0. The van der Waals surface area contributed by atoms with Crippen LogP contribution in [0.2, 0.25) is 0 Å². The average Bonchev–Trinajstić information content (AvgIpc) is 3.13. The number of fused-ring (bicyclic) bond motifs is 1. The van der Waals surface area contributed by atoms with Gasteiger partial charge in [0, 0.05) is 11.3 Å². The second-order valence-electron chi connectivity index (χ2n) is 6.48. The van der Waals surface area contributed by atoms with E-state index in [1.165, 1.54) is 29.2 Å². The quantitative estimate of drug-likeness (QED) is 0.332. The molecule has 0 spiro atoms. The van der Waals surface area contributed by atoms with Gasteiger partial charge >= 0.3 is 6.18 Å². The normalized spacial score (nSPS) is 11.8. The molecule has 154 valence electrons. The van der Waals surface area contributed by atoms with Crippen LogP contribution in [0.1, 0.15) is 16.1 Å². The van der Waals surface area contributed by atoms with E-state index in [9.17, 15) is 13.2 Å². The Morgan fingerprint density at radius 2 is 1.83 bits per heavy atom. The number of hydrogen-bond donors (Lipinski definition) is 0. The highest BCUT2D eigenvalue weighted by atomic mass is 32.2. The van der Waals surface area contributed by atoms with E-state index in [4.69, 9.17) is 4.74 Å². The topological polar surface area (TPSA) is 47.9 Å². The molecule has 0 radical (unpaired) electrons. The Morgan fingerprint density at radius 1 is 1.07 bits per heavy atom. The van der Waals surface area contributed by atoms with Crippen molar-refractivity contribution >= 4 is 33.3 Å². The van der Waals surface area contributed by atoms with Crippen LogP contribution in [0.25, 0.3) is 21.5 Å². The third-order valence-electron chi connectivity index (χ3n) is 4.39. The number of nitrogens with zero attached hydrogens (tertiary/aromatic N) is 3. The molecule has 4 nitrogen and oxygen atoms in total. The van der Waals surface area contributed by atoms with Gasteiger partial charge in [-0.1, -0.05) is 30.0 Å². The Balaban J connectivity index is 1.64. The Labute approximate surface area is 179 Å². The first-order chi connectivity index (χ1) is 14.3. The van der Waals surface area contributed by atoms with Gasteiger partial charge < -0.3 is 4.74 Å². The maximum absolute atomic E-state index is 12.9. The number of thiazole rings is 1.